The van der Waals surface area contributed by atoms with Gasteiger partial charge >= 0.3 is 5.91 Å². The summed E-state index contributed by atoms with van der Waals surface area (Å²) in [6.45, 7) is 4.62. The van der Waals surface area contributed by atoms with Crippen molar-refractivity contribution in [2.45, 2.75) is 38.1 Å². The molecular weight excluding hydrogens is 451 g/mol. The normalized spacial score (nSPS) is 21.6. The van der Waals surface area contributed by atoms with E-state index < -0.39 is 0 Å². The minimum absolute atomic E-state index is 0.101. The number of likely N-dealkylation sites (tertiary alicyclic amines) is 1. The fourth-order valence-electron chi connectivity index (χ4n) is 4.52. The van der Waals surface area contributed by atoms with Gasteiger partial charge in [0.25, 0.3) is 0 Å². The second-order valence-corrected chi connectivity index (χ2v) is 9.45. The monoisotopic (exact) mass is 481 g/mol. The molecule has 2 saturated heterocycles. The Morgan fingerprint density at radius 3 is 2.78 bits per heavy atom. The van der Waals surface area contributed by atoms with Crippen LogP contribution in [-0.2, 0) is 14.3 Å². The molecule has 0 spiro atoms. The molecule has 1 aliphatic carbocycles. The highest BCUT2D eigenvalue weighted by molar-refractivity contribution is 6.34. The van der Waals surface area contributed by atoms with Crippen LogP contribution in [0.5, 0.6) is 5.75 Å². The zero-order valence-electron chi connectivity index (χ0n) is 18.2. The third kappa shape index (κ3) is 6.64. The molecule has 4 rings (SSSR count). The maximum absolute atomic E-state index is 12.8. The fourth-order valence-corrected chi connectivity index (χ4v) is 4.85. The van der Waals surface area contributed by atoms with Crippen LogP contribution in [0, 0.1) is 5.92 Å². The van der Waals surface area contributed by atoms with Crippen molar-refractivity contribution in [1.29, 1.82) is 0 Å². The first-order valence-electron chi connectivity index (χ1n) is 11.4. The van der Waals surface area contributed by atoms with Gasteiger partial charge in [-0.15, -0.1) is 0 Å². The summed E-state index contributed by atoms with van der Waals surface area (Å²) in [5.74, 6) is 2.66. The average Bonchev–Trinajstić information content (AvgIpc) is 3.29. The van der Waals surface area contributed by atoms with Gasteiger partial charge < -0.3 is 14.2 Å². The van der Waals surface area contributed by atoms with E-state index in [1.54, 1.807) is 18.2 Å². The summed E-state index contributed by atoms with van der Waals surface area (Å²) in [6, 6.07) is 5.27. The van der Waals surface area contributed by atoms with Crippen LogP contribution in [0.15, 0.2) is 41.9 Å². The first-order chi connectivity index (χ1) is 15.6. The third-order valence-electron chi connectivity index (χ3n) is 6.05. The number of nitrogens with zero attached hydrogens (tertiary/aromatic N) is 1. The Bertz CT molecular complexity index is 868. The summed E-state index contributed by atoms with van der Waals surface area (Å²) in [4.78, 5) is 15.2. The summed E-state index contributed by atoms with van der Waals surface area (Å²) in [5.41, 5.74) is 0. The maximum Gasteiger partial charge on any atom is 0.314 e. The van der Waals surface area contributed by atoms with E-state index in [4.69, 9.17) is 37.4 Å². The molecule has 1 aromatic carbocycles. The van der Waals surface area contributed by atoms with E-state index in [2.05, 4.69) is 17.1 Å². The first-order valence-corrected chi connectivity index (χ1v) is 12.2. The van der Waals surface area contributed by atoms with E-state index >= 15 is 0 Å². The molecule has 32 heavy (non-hydrogen) atoms. The van der Waals surface area contributed by atoms with E-state index in [1.165, 1.54) is 12.8 Å². The van der Waals surface area contributed by atoms with Gasteiger partial charge in [-0.1, -0.05) is 23.2 Å². The Morgan fingerprint density at radius 1 is 1.19 bits per heavy atom. The Kier molecular flexibility index (Phi) is 8.36. The predicted octanol–water partition coefficient (Wildman–Crippen LogP) is 3.54. The van der Waals surface area contributed by atoms with Gasteiger partial charge in [0.2, 0.25) is 0 Å². The van der Waals surface area contributed by atoms with Gasteiger partial charge in [-0.2, -0.15) is 0 Å². The second-order valence-electron chi connectivity index (χ2n) is 8.60. The highest BCUT2D eigenvalue weighted by Crippen LogP contribution is 2.30. The zero-order valence-corrected chi connectivity index (χ0v) is 19.7. The second kappa shape index (κ2) is 11.4. The standard InChI is InChI=1S/C24H30Cl2N2O4/c25-18-4-5-20(26)22(15-18)30-10-7-24(29)27-19(16-28-8-1-2-9-28)13-17-3-6-21-23(14-17)32-12-11-31-21/h4-6,14-15,17,19H,1-3,7-13,16H2,(H,27,29)/p+1. The van der Waals surface area contributed by atoms with E-state index in [-0.39, 0.29) is 18.6 Å². The molecular formula is C24H31Cl2N2O4+. The number of carbonyl (C=O) groups excluding carboxylic acids is 1. The lowest BCUT2D eigenvalue weighted by Gasteiger charge is -2.28. The van der Waals surface area contributed by atoms with Gasteiger partial charge in [-0.3, -0.25) is 10.2 Å². The molecule has 1 amide bonds. The number of quaternary nitrogens is 1. The van der Waals surface area contributed by atoms with Crippen molar-refractivity contribution in [2.75, 3.05) is 39.5 Å². The number of amides is 1. The van der Waals surface area contributed by atoms with Crippen LogP contribution >= 0.6 is 23.2 Å². The number of ether oxygens (including phenoxy) is 3. The molecule has 2 unspecified atom stereocenters. The van der Waals surface area contributed by atoms with Gasteiger partial charge in [0.05, 0.1) is 18.0 Å². The van der Waals surface area contributed by atoms with Crippen molar-refractivity contribution in [1.82, 2.24) is 4.90 Å². The number of hydrogen-bond acceptors (Lipinski definition) is 5. The highest BCUT2D eigenvalue weighted by Gasteiger charge is 2.28. The van der Waals surface area contributed by atoms with Gasteiger partial charge in [-0.05, 0) is 62.6 Å². The van der Waals surface area contributed by atoms with E-state index in [1.807, 2.05) is 5.32 Å². The summed E-state index contributed by atoms with van der Waals surface area (Å²) >= 11 is 12.1. The molecule has 2 N–H and O–H groups in total. The zero-order chi connectivity index (χ0) is 22.3. The Labute approximate surface area is 199 Å². The van der Waals surface area contributed by atoms with Crippen molar-refractivity contribution in [2.24, 2.45) is 5.92 Å². The van der Waals surface area contributed by atoms with E-state index in [9.17, 15) is 4.79 Å². The highest BCUT2D eigenvalue weighted by atomic mass is 35.5. The quantitative estimate of drug-likeness (QED) is 0.584. The molecule has 2 atom stereocenters. The van der Waals surface area contributed by atoms with Gasteiger partial charge in [0, 0.05) is 17.5 Å². The van der Waals surface area contributed by atoms with Gasteiger partial charge in [0.15, 0.2) is 11.5 Å². The summed E-state index contributed by atoms with van der Waals surface area (Å²) in [7, 11) is 0. The minimum Gasteiger partial charge on any atom is -0.491 e. The lowest BCUT2D eigenvalue weighted by molar-refractivity contribution is -0.608. The summed E-state index contributed by atoms with van der Waals surface area (Å²) in [5, 5.41) is 2.94. The molecule has 8 heteroatoms. The number of hydrogen-bond donors (Lipinski definition) is 1. The summed E-state index contributed by atoms with van der Waals surface area (Å²) < 4.78 is 17.1. The minimum atomic E-state index is 0.101. The molecule has 3 aliphatic rings. The van der Waals surface area contributed by atoms with Crippen LogP contribution in [0.2, 0.25) is 10.0 Å². The van der Waals surface area contributed by atoms with Crippen LogP contribution in [0.4, 0.5) is 0 Å². The average molecular weight is 482 g/mol. The Balaban J connectivity index is 1.30. The topological polar surface area (TPSA) is 64.6 Å². The lowest BCUT2D eigenvalue weighted by Crippen LogP contribution is -2.95. The van der Waals surface area contributed by atoms with Crippen LogP contribution in [0.1, 0.15) is 32.1 Å². The lowest BCUT2D eigenvalue weighted by atomic mass is 9.91. The number of rotatable bonds is 9. The van der Waals surface area contributed by atoms with Crippen LogP contribution in [-0.4, -0.2) is 56.3 Å². The van der Waals surface area contributed by atoms with Gasteiger partial charge in [0.1, 0.15) is 31.6 Å². The molecule has 0 saturated carbocycles. The molecule has 1 aromatic rings. The van der Waals surface area contributed by atoms with Gasteiger partial charge in [-0.25, -0.2) is 4.79 Å². The van der Waals surface area contributed by atoms with Crippen molar-refractivity contribution in [3.8, 4) is 5.75 Å². The molecule has 6 nitrogen and oxygen atoms in total. The third-order valence-corrected chi connectivity index (χ3v) is 6.60. The molecule has 2 aliphatic heterocycles. The van der Waals surface area contributed by atoms with E-state index in [0.717, 1.165) is 44.0 Å². The molecule has 2 fully saturated rings. The molecule has 0 bridgehead atoms. The molecule has 0 radical (unpaired) electrons. The first kappa shape index (κ1) is 23.4. The largest absolute Gasteiger partial charge is 0.491 e. The SMILES string of the molecule is O=C(CCOc1cc(Cl)ccc1Cl)[NH2+]C(CC1C=C2OCCOC2=CC1)CN1CCCC1. The van der Waals surface area contributed by atoms with Crippen molar-refractivity contribution < 1.29 is 24.3 Å². The number of carbonyl (C=O) groups is 1. The Hall–Kier alpha value is -1.73. The molecule has 174 valence electrons. The van der Waals surface area contributed by atoms with Crippen LogP contribution in [0.3, 0.4) is 0 Å². The Morgan fingerprint density at radius 2 is 1.97 bits per heavy atom. The predicted molar refractivity (Wildman–Crippen MR) is 124 cm³/mol. The summed E-state index contributed by atoms with van der Waals surface area (Å²) in [6.07, 6.45) is 8.91. The fraction of sp³-hybridized carbons (Fsp3) is 0.542. The molecule has 0 aromatic heterocycles. The smallest absolute Gasteiger partial charge is 0.314 e. The number of benzene rings is 1. The van der Waals surface area contributed by atoms with E-state index in [0.29, 0.717) is 41.3 Å². The number of halogens is 2. The van der Waals surface area contributed by atoms with Crippen LogP contribution < -0.4 is 10.1 Å². The number of primary amides is 1. The number of allylic oxidation sites excluding steroid dienone is 2. The van der Waals surface area contributed by atoms with Crippen molar-refractivity contribution in [3.05, 3.63) is 51.9 Å². The van der Waals surface area contributed by atoms with Crippen LogP contribution in [0.25, 0.3) is 0 Å². The van der Waals surface area contributed by atoms with Crippen molar-refractivity contribution >= 4 is 29.1 Å². The van der Waals surface area contributed by atoms with Crippen molar-refractivity contribution in [3.63, 3.8) is 0 Å². The number of fused-ring (bicyclic) bond motifs is 1. The number of nitrogens with two attached hydrogens (primary N) is 1. The maximum atomic E-state index is 12.8. The molecule has 2 heterocycles.